The lowest BCUT2D eigenvalue weighted by Gasteiger charge is -2.18. The van der Waals surface area contributed by atoms with Crippen molar-refractivity contribution in [3.8, 4) is 0 Å². The van der Waals surface area contributed by atoms with E-state index in [0.29, 0.717) is 17.7 Å². The Kier molecular flexibility index (Phi) is 5.43. The third kappa shape index (κ3) is 4.44. The predicted molar refractivity (Wildman–Crippen MR) is 94.9 cm³/mol. The molecule has 1 N–H and O–H groups in total. The monoisotopic (exact) mass is 340 g/mol. The average molecular weight is 340 g/mol. The van der Waals surface area contributed by atoms with Gasteiger partial charge in [-0.15, -0.1) is 0 Å². The van der Waals surface area contributed by atoms with E-state index < -0.39 is 0 Å². The lowest BCUT2D eigenvalue weighted by Crippen LogP contribution is -2.28. The molecule has 3 rings (SSSR count). The third-order valence-electron chi connectivity index (χ3n) is 4.38. The molecule has 1 heterocycles. The van der Waals surface area contributed by atoms with Crippen LogP contribution >= 0.6 is 0 Å². The first kappa shape index (κ1) is 17.1. The lowest BCUT2D eigenvalue weighted by atomic mass is 10.1. The minimum Gasteiger partial charge on any atom is -0.339 e. The molecule has 1 fully saturated rings. The van der Waals surface area contributed by atoms with E-state index in [0.717, 1.165) is 31.5 Å². The number of rotatable bonds is 5. The predicted octanol–water partition coefficient (Wildman–Crippen LogP) is 3.63. The summed E-state index contributed by atoms with van der Waals surface area (Å²) < 4.78 is 12.9. The Balaban J connectivity index is 1.62. The molecule has 5 heteroatoms. The molecule has 0 spiro atoms. The van der Waals surface area contributed by atoms with Crippen LogP contribution in [0, 0.1) is 5.82 Å². The number of para-hydroxylation sites is 1. The largest absolute Gasteiger partial charge is 0.339 e. The molecule has 4 nitrogen and oxygen atoms in total. The van der Waals surface area contributed by atoms with Crippen molar-refractivity contribution in [1.82, 2.24) is 4.90 Å². The number of benzene rings is 2. The molecule has 2 aromatic carbocycles. The van der Waals surface area contributed by atoms with E-state index in [-0.39, 0.29) is 24.1 Å². The van der Waals surface area contributed by atoms with Gasteiger partial charge in [-0.25, -0.2) is 4.39 Å². The van der Waals surface area contributed by atoms with Crippen LogP contribution in [0.3, 0.4) is 0 Å². The summed E-state index contributed by atoms with van der Waals surface area (Å²) in [4.78, 5) is 26.7. The SMILES string of the molecule is O=C(CCc1ccc(F)cc1)Nc1ccccc1C(=O)N1CCCC1. The van der Waals surface area contributed by atoms with Gasteiger partial charge in [0.25, 0.3) is 5.91 Å². The normalized spacial score (nSPS) is 13.7. The van der Waals surface area contributed by atoms with Crippen LogP contribution in [0.25, 0.3) is 0 Å². The van der Waals surface area contributed by atoms with Crippen molar-refractivity contribution in [3.63, 3.8) is 0 Å². The summed E-state index contributed by atoms with van der Waals surface area (Å²) in [6.45, 7) is 1.54. The second-order valence-corrected chi connectivity index (χ2v) is 6.22. The minimum atomic E-state index is -0.289. The van der Waals surface area contributed by atoms with Crippen molar-refractivity contribution >= 4 is 17.5 Å². The number of nitrogens with one attached hydrogen (secondary N) is 1. The van der Waals surface area contributed by atoms with Crippen molar-refractivity contribution in [2.45, 2.75) is 25.7 Å². The molecule has 0 aromatic heterocycles. The van der Waals surface area contributed by atoms with Gasteiger partial charge in [-0.05, 0) is 49.1 Å². The summed E-state index contributed by atoms with van der Waals surface area (Å²) in [5, 5.41) is 2.84. The molecule has 0 atom stereocenters. The fourth-order valence-electron chi connectivity index (χ4n) is 2.99. The summed E-state index contributed by atoms with van der Waals surface area (Å²) in [6.07, 6.45) is 2.85. The molecule has 1 saturated heterocycles. The van der Waals surface area contributed by atoms with Crippen molar-refractivity contribution in [2.24, 2.45) is 0 Å². The van der Waals surface area contributed by atoms with Crippen LogP contribution in [0.15, 0.2) is 48.5 Å². The fourth-order valence-corrected chi connectivity index (χ4v) is 2.99. The molecule has 0 radical (unpaired) electrons. The molecule has 130 valence electrons. The van der Waals surface area contributed by atoms with Gasteiger partial charge in [0.05, 0.1) is 11.3 Å². The number of likely N-dealkylation sites (tertiary alicyclic amines) is 1. The summed E-state index contributed by atoms with van der Waals surface area (Å²) in [5.74, 6) is -0.486. The highest BCUT2D eigenvalue weighted by molar-refractivity contribution is 6.03. The highest BCUT2D eigenvalue weighted by Gasteiger charge is 2.22. The smallest absolute Gasteiger partial charge is 0.255 e. The minimum absolute atomic E-state index is 0.0352. The molecule has 0 unspecified atom stereocenters. The Morgan fingerprint density at radius 1 is 1.00 bits per heavy atom. The van der Waals surface area contributed by atoms with Crippen molar-refractivity contribution < 1.29 is 14.0 Å². The number of carbonyl (C=O) groups is 2. The number of amides is 2. The second kappa shape index (κ2) is 7.92. The topological polar surface area (TPSA) is 49.4 Å². The number of halogens is 1. The molecule has 1 aliphatic rings. The van der Waals surface area contributed by atoms with E-state index in [1.165, 1.54) is 12.1 Å². The van der Waals surface area contributed by atoms with Crippen LogP contribution in [0.2, 0.25) is 0 Å². The first-order valence-corrected chi connectivity index (χ1v) is 8.56. The summed E-state index contributed by atoms with van der Waals surface area (Å²) in [5.41, 5.74) is 1.97. The van der Waals surface area contributed by atoms with Gasteiger partial charge < -0.3 is 10.2 Å². The zero-order valence-corrected chi connectivity index (χ0v) is 14.0. The number of anilines is 1. The quantitative estimate of drug-likeness (QED) is 0.903. The standard InChI is InChI=1S/C20H21FN2O2/c21-16-10-7-15(8-11-16)9-12-19(24)22-18-6-2-1-5-17(18)20(25)23-13-3-4-14-23/h1-2,5-8,10-11H,3-4,9,12-14H2,(H,22,24). The van der Waals surface area contributed by atoms with Gasteiger partial charge in [0.2, 0.25) is 5.91 Å². The molecule has 2 aromatic rings. The zero-order valence-electron chi connectivity index (χ0n) is 14.0. The lowest BCUT2D eigenvalue weighted by molar-refractivity contribution is -0.116. The van der Waals surface area contributed by atoms with Crippen molar-refractivity contribution in [1.29, 1.82) is 0 Å². The van der Waals surface area contributed by atoms with E-state index in [1.54, 1.807) is 36.4 Å². The van der Waals surface area contributed by atoms with Crippen molar-refractivity contribution in [2.75, 3.05) is 18.4 Å². The first-order valence-electron chi connectivity index (χ1n) is 8.56. The van der Waals surface area contributed by atoms with Gasteiger partial charge in [-0.2, -0.15) is 0 Å². The van der Waals surface area contributed by atoms with Crippen molar-refractivity contribution in [3.05, 3.63) is 65.5 Å². The molecule has 1 aliphatic heterocycles. The Bertz CT molecular complexity index is 753. The summed E-state index contributed by atoms with van der Waals surface area (Å²) in [7, 11) is 0. The van der Waals surface area contributed by atoms with E-state index in [2.05, 4.69) is 5.32 Å². The zero-order chi connectivity index (χ0) is 17.6. The van der Waals surface area contributed by atoms with Crippen LogP contribution in [-0.4, -0.2) is 29.8 Å². The van der Waals surface area contributed by atoms with Gasteiger partial charge in [0, 0.05) is 19.5 Å². The molecule has 0 saturated carbocycles. The second-order valence-electron chi connectivity index (χ2n) is 6.22. The Hall–Kier alpha value is -2.69. The van der Waals surface area contributed by atoms with Gasteiger partial charge in [0.15, 0.2) is 0 Å². The molecular formula is C20H21FN2O2. The van der Waals surface area contributed by atoms with Gasteiger partial charge >= 0.3 is 0 Å². The van der Waals surface area contributed by atoms with Gasteiger partial charge in [0.1, 0.15) is 5.82 Å². The molecule has 2 amide bonds. The van der Waals surface area contributed by atoms with Crippen LogP contribution in [0.4, 0.5) is 10.1 Å². The highest BCUT2D eigenvalue weighted by atomic mass is 19.1. The number of hydrogen-bond donors (Lipinski definition) is 1. The Morgan fingerprint density at radius 2 is 1.68 bits per heavy atom. The first-order chi connectivity index (χ1) is 12.1. The number of aryl methyl sites for hydroxylation is 1. The molecular weight excluding hydrogens is 319 g/mol. The van der Waals surface area contributed by atoms with Crippen LogP contribution in [0.5, 0.6) is 0 Å². The van der Waals surface area contributed by atoms with Gasteiger partial charge in [-0.1, -0.05) is 24.3 Å². The van der Waals surface area contributed by atoms with E-state index in [9.17, 15) is 14.0 Å². The number of hydrogen-bond acceptors (Lipinski definition) is 2. The van der Waals surface area contributed by atoms with Crippen LogP contribution in [-0.2, 0) is 11.2 Å². The molecule has 0 aliphatic carbocycles. The van der Waals surface area contributed by atoms with E-state index in [4.69, 9.17) is 0 Å². The van der Waals surface area contributed by atoms with Crippen LogP contribution < -0.4 is 5.32 Å². The third-order valence-corrected chi connectivity index (χ3v) is 4.38. The van der Waals surface area contributed by atoms with Gasteiger partial charge in [-0.3, -0.25) is 9.59 Å². The van der Waals surface area contributed by atoms with E-state index >= 15 is 0 Å². The maximum atomic E-state index is 12.9. The maximum Gasteiger partial charge on any atom is 0.255 e. The maximum absolute atomic E-state index is 12.9. The summed E-state index contributed by atoms with van der Waals surface area (Å²) in [6, 6.07) is 13.2. The van der Waals surface area contributed by atoms with E-state index in [1.807, 2.05) is 4.90 Å². The number of nitrogens with zero attached hydrogens (tertiary/aromatic N) is 1. The Morgan fingerprint density at radius 3 is 2.40 bits per heavy atom. The Labute approximate surface area is 146 Å². The molecule has 0 bridgehead atoms. The summed E-state index contributed by atoms with van der Waals surface area (Å²) >= 11 is 0. The van der Waals surface area contributed by atoms with Crippen LogP contribution in [0.1, 0.15) is 35.2 Å². The average Bonchev–Trinajstić information content (AvgIpc) is 3.16. The fraction of sp³-hybridized carbons (Fsp3) is 0.300. The molecule has 25 heavy (non-hydrogen) atoms. The number of carbonyl (C=O) groups excluding carboxylic acids is 2. The highest BCUT2D eigenvalue weighted by Crippen LogP contribution is 2.20.